The Balaban J connectivity index is 1.67. The average molecular weight is 414 g/mol. The molecule has 1 N–H and O–H groups in total. The smallest absolute Gasteiger partial charge is 0.306 e. The largest absolute Gasteiger partial charge is 0.481 e. The Kier molecular flexibility index (Phi) is 7.57. The predicted octanol–water partition coefficient (Wildman–Crippen LogP) is 2.88. The summed E-state index contributed by atoms with van der Waals surface area (Å²) in [6.45, 7) is 8.95. The fourth-order valence-electron chi connectivity index (χ4n) is 6.30. The van der Waals surface area contributed by atoms with Gasteiger partial charge in [-0.2, -0.15) is 4.94 Å². The van der Waals surface area contributed by atoms with E-state index in [1.165, 1.54) is 0 Å². The van der Waals surface area contributed by atoms with Gasteiger partial charge in [-0.05, 0) is 76.4 Å². The molecule has 0 aromatic rings. The predicted molar refractivity (Wildman–Crippen MR) is 111 cm³/mol. The highest BCUT2D eigenvalue weighted by atomic mass is 19.3. The topological polar surface area (TPSA) is 56.2 Å². The van der Waals surface area contributed by atoms with Gasteiger partial charge in [-0.25, -0.2) is 0 Å². The number of hydrogen-bond donors (Lipinski definition) is 1. The van der Waals surface area contributed by atoms with E-state index in [0.29, 0.717) is 36.0 Å². The molecule has 3 aliphatic rings. The number of carboxylic acid groups (broad SMARTS) is 1. The molecule has 0 aromatic carbocycles. The van der Waals surface area contributed by atoms with Crippen molar-refractivity contribution in [1.29, 1.82) is 0 Å². The molecule has 1 saturated carbocycles. The van der Waals surface area contributed by atoms with E-state index in [-0.39, 0.29) is 18.6 Å². The molecule has 0 bridgehead atoms. The molecule has 2 saturated heterocycles. The molecule has 0 aromatic heterocycles. The summed E-state index contributed by atoms with van der Waals surface area (Å²) in [5.41, 5.74) is 0. The average Bonchev–Trinajstić information content (AvgIpc) is 3.17. The highest BCUT2D eigenvalue weighted by molar-refractivity contribution is 5.70. The SMILES string of the molecule is CC1CCC(C(=O)O)CC1N1C(C)CC(CN2C[C@H](N(C)C)C[C@H]2COF)C1C. The maximum Gasteiger partial charge on any atom is 0.306 e. The Labute approximate surface area is 175 Å². The maximum absolute atomic E-state index is 12.7. The Hall–Kier alpha value is -0.760. The Morgan fingerprint density at radius 2 is 1.90 bits per heavy atom. The lowest BCUT2D eigenvalue weighted by Crippen LogP contribution is -2.50. The molecule has 168 valence electrons. The first-order chi connectivity index (χ1) is 13.7. The minimum absolute atomic E-state index is 0.133. The molecular formula is C22H40FN3O3. The van der Waals surface area contributed by atoms with Crippen molar-refractivity contribution in [2.45, 2.75) is 83.1 Å². The van der Waals surface area contributed by atoms with E-state index in [2.05, 4.69) is 54.5 Å². The van der Waals surface area contributed by atoms with Gasteiger partial charge in [-0.3, -0.25) is 14.6 Å². The lowest BCUT2D eigenvalue weighted by atomic mass is 9.78. The molecule has 8 atom stereocenters. The zero-order valence-electron chi connectivity index (χ0n) is 18.8. The van der Waals surface area contributed by atoms with E-state index in [1.54, 1.807) is 0 Å². The number of likely N-dealkylation sites (N-methyl/N-ethyl adjacent to an activating group) is 1. The molecule has 3 rings (SSSR count). The molecule has 7 heteroatoms. The second kappa shape index (κ2) is 9.58. The molecule has 6 unspecified atom stereocenters. The van der Waals surface area contributed by atoms with Crippen LogP contribution in [0.1, 0.15) is 52.9 Å². The third-order valence-electron chi connectivity index (χ3n) is 8.15. The van der Waals surface area contributed by atoms with Crippen LogP contribution in [0.5, 0.6) is 0 Å². The summed E-state index contributed by atoms with van der Waals surface area (Å²) in [6.07, 6.45) is 4.63. The molecule has 2 aliphatic heterocycles. The molecule has 0 radical (unpaired) electrons. The van der Waals surface area contributed by atoms with Crippen molar-refractivity contribution in [2.24, 2.45) is 17.8 Å². The number of rotatable bonds is 7. The standard InChI is InChI=1S/C22H40FN3O3/c1-14-6-7-17(22(27)28)9-21(14)26-15(2)8-18(16(26)3)11-25-12-19(24(4)5)10-20(25)13-29-23/h14-21H,6-13H2,1-5H3,(H,27,28)/t14?,15?,16?,17?,18?,19-,20+,21?/m1/s1. The summed E-state index contributed by atoms with van der Waals surface area (Å²) >= 11 is 0. The fraction of sp³-hybridized carbons (Fsp3) is 0.955. The monoisotopic (exact) mass is 413 g/mol. The molecule has 0 spiro atoms. The van der Waals surface area contributed by atoms with E-state index >= 15 is 0 Å². The molecule has 29 heavy (non-hydrogen) atoms. The van der Waals surface area contributed by atoms with Crippen LogP contribution in [0.4, 0.5) is 4.53 Å². The zero-order valence-corrected chi connectivity index (χ0v) is 18.8. The molecule has 1 aliphatic carbocycles. The van der Waals surface area contributed by atoms with E-state index in [4.69, 9.17) is 0 Å². The summed E-state index contributed by atoms with van der Waals surface area (Å²) < 4.78 is 12.7. The zero-order chi connectivity index (χ0) is 21.3. The van der Waals surface area contributed by atoms with Gasteiger partial charge in [-0.1, -0.05) is 6.92 Å². The van der Waals surface area contributed by atoms with Gasteiger partial charge in [0.2, 0.25) is 0 Å². The van der Waals surface area contributed by atoms with Gasteiger partial charge >= 0.3 is 5.97 Å². The van der Waals surface area contributed by atoms with E-state index in [0.717, 1.165) is 45.2 Å². The molecule has 3 fully saturated rings. The number of carbonyl (C=O) groups is 1. The van der Waals surface area contributed by atoms with E-state index < -0.39 is 5.97 Å². The van der Waals surface area contributed by atoms with Crippen molar-refractivity contribution >= 4 is 5.97 Å². The summed E-state index contributed by atoms with van der Waals surface area (Å²) in [7, 11) is 4.18. The van der Waals surface area contributed by atoms with Crippen molar-refractivity contribution in [2.75, 3.05) is 33.8 Å². The van der Waals surface area contributed by atoms with Gasteiger partial charge in [0, 0.05) is 43.3 Å². The van der Waals surface area contributed by atoms with Crippen LogP contribution in [-0.2, 0) is 9.74 Å². The number of hydrogen-bond acceptors (Lipinski definition) is 5. The van der Waals surface area contributed by atoms with Crippen LogP contribution >= 0.6 is 0 Å². The van der Waals surface area contributed by atoms with Crippen molar-refractivity contribution in [3.05, 3.63) is 0 Å². The van der Waals surface area contributed by atoms with Crippen LogP contribution < -0.4 is 0 Å². The molecular weight excluding hydrogens is 373 g/mol. The number of carboxylic acids is 1. The Morgan fingerprint density at radius 1 is 1.17 bits per heavy atom. The van der Waals surface area contributed by atoms with Crippen molar-refractivity contribution < 1.29 is 19.4 Å². The normalized spacial score (nSPS) is 42.0. The number of halogens is 1. The third-order valence-corrected chi connectivity index (χ3v) is 8.15. The van der Waals surface area contributed by atoms with E-state index in [9.17, 15) is 14.4 Å². The first-order valence-electron chi connectivity index (χ1n) is 11.4. The van der Waals surface area contributed by atoms with E-state index in [1.807, 2.05) is 0 Å². The Bertz CT molecular complexity index is 563. The minimum Gasteiger partial charge on any atom is -0.481 e. The first-order valence-corrected chi connectivity index (χ1v) is 11.4. The van der Waals surface area contributed by atoms with Crippen LogP contribution in [0.3, 0.4) is 0 Å². The minimum atomic E-state index is -0.640. The highest BCUT2D eigenvalue weighted by Gasteiger charge is 2.46. The van der Waals surface area contributed by atoms with Crippen LogP contribution in [0.25, 0.3) is 0 Å². The van der Waals surface area contributed by atoms with Crippen molar-refractivity contribution in [3.63, 3.8) is 0 Å². The van der Waals surface area contributed by atoms with Gasteiger partial charge in [0.05, 0.1) is 5.92 Å². The molecule has 2 heterocycles. The van der Waals surface area contributed by atoms with Gasteiger partial charge < -0.3 is 10.0 Å². The summed E-state index contributed by atoms with van der Waals surface area (Å²) in [6, 6.07) is 1.79. The number of nitrogens with zero attached hydrogens (tertiary/aromatic N) is 3. The van der Waals surface area contributed by atoms with Crippen LogP contribution in [0.15, 0.2) is 0 Å². The highest BCUT2D eigenvalue weighted by Crippen LogP contribution is 2.41. The van der Waals surface area contributed by atoms with Crippen molar-refractivity contribution in [3.8, 4) is 0 Å². The van der Waals surface area contributed by atoms with Crippen molar-refractivity contribution in [1.82, 2.24) is 14.7 Å². The lowest BCUT2D eigenvalue weighted by molar-refractivity contribution is -0.146. The van der Waals surface area contributed by atoms with Crippen LogP contribution in [0.2, 0.25) is 0 Å². The second-order valence-corrected chi connectivity index (χ2v) is 10.2. The van der Waals surface area contributed by atoms with Gasteiger partial charge in [0.25, 0.3) is 0 Å². The van der Waals surface area contributed by atoms with Gasteiger partial charge in [-0.15, -0.1) is 0 Å². The quantitative estimate of drug-likeness (QED) is 0.693. The lowest BCUT2D eigenvalue weighted by Gasteiger charge is -2.43. The fourth-order valence-corrected chi connectivity index (χ4v) is 6.30. The van der Waals surface area contributed by atoms with Gasteiger partial charge in [0.15, 0.2) is 0 Å². The molecule has 6 nitrogen and oxygen atoms in total. The van der Waals surface area contributed by atoms with Gasteiger partial charge in [0.1, 0.15) is 6.61 Å². The number of likely N-dealkylation sites (tertiary alicyclic amines) is 2. The summed E-state index contributed by atoms with van der Waals surface area (Å²) in [5, 5.41) is 9.54. The number of aliphatic carboxylic acids is 1. The molecule has 0 amide bonds. The summed E-state index contributed by atoms with van der Waals surface area (Å²) in [4.78, 5) is 22.9. The first kappa shape index (κ1) is 22.9. The van der Waals surface area contributed by atoms with Crippen LogP contribution in [-0.4, -0.2) is 89.8 Å². The third kappa shape index (κ3) is 4.94. The summed E-state index contributed by atoms with van der Waals surface area (Å²) in [5.74, 6) is 0.205. The Morgan fingerprint density at radius 3 is 2.52 bits per heavy atom. The van der Waals surface area contributed by atoms with Crippen LogP contribution in [0, 0.1) is 17.8 Å². The second-order valence-electron chi connectivity index (χ2n) is 10.2. The maximum atomic E-state index is 12.7.